The smallest absolute Gasteiger partial charge is 0.219 e. The fourth-order valence-corrected chi connectivity index (χ4v) is 1.12. The van der Waals surface area contributed by atoms with Gasteiger partial charge in [0.05, 0.1) is 0 Å². The predicted octanol–water partition coefficient (Wildman–Crippen LogP) is 3.61. The van der Waals surface area contributed by atoms with Gasteiger partial charge in [-0.2, -0.15) is 0 Å². The third-order valence-electron chi connectivity index (χ3n) is 2.56. The Labute approximate surface area is 105 Å². The molecule has 0 aliphatic carbocycles. The average molecular weight is 235 g/mol. The quantitative estimate of drug-likeness (QED) is 0.852. The molecule has 1 aromatic carbocycles. The van der Waals surface area contributed by atoms with Crippen molar-refractivity contribution in [2.75, 3.05) is 0 Å². The highest BCUT2D eigenvalue weighted by Crippen LogP contribution is 1.99. The van der Waals surface area contributed by atoms with E-state index in [9.17, 15) is 4.79 Å². The van der Waals surface area contributed by atoms with Crippen molar-refractivity contribution in [3.8, 4) is 0 Å². The molecule has 1 aromatic rings. The lowest BCUT2D eigenvalue weighted by Gasteiger charge is -2.08. The molecule has 1 atom stereocenters. The monoisotopic (exact) mass is 235 g/mol. The fourth-order valence-electron chi connectivity index (χ4n) is 1.12. The van der Waals surface area contributed by atoms with Gasteiger partial charge in [0.15, 0.2) is 0 Å². The first-order chi connectivity index (χ1) is 7.99. The van der Waals surface area contributed by atoms with Crippen molar-refractivity contribution in [1.29, 1.82) is 0 Å². The molecule has 17 heavy (non-hydrogen) atoms. The lowest BCUT2D eigenvalue weighted by molar-refractivity contribution is -0.121. The van der Waals surface area contributed by atoms with E-state index in [0.717, 1.165) is 6.42 Å². The zero-order valence-electron chi connectivity index (χ0n) is 11.7. The van der Waals surface area contributed by atoms with Gasteiger partial charge in [-0.25, -0.2) is 0 Å². The van der Waals surface area contributed by atoms with E-state index in [1.165, 1.54) is 11.1 Å². The first kappa shape index (κ1) is 15.7. The third kappa shape index (κ3) is 8.49. The van der Waals surface area contributed by atoms with Gasteiger partial charge >= 0.3 is 0 Å². The second-order valence-electron chi connectivity index (χ2n) is 4.39. The molecule has 0 fully saturated rings. The maximum Gasteiger partial charge on any atom is 0.219 e. The Morgan fingerprint density at radius 1 is 1.12 bits per heavy atom. The van der Waals surface area contributed by atoms with Crippen LogP contribution in [0.3, 0.4) is 0 Å². The van der Waals surface area contributed by atoms with Crippen LogP contribution in [0, 0.1) is 13.8 Å². The fraction of sp³-hybridized carbons (Fsp3) is 0.533. The number of benzene rings is 1. The summed E-state index contributed by atoms with van der Waals surface area (Å²) in [4.78, 5) is 10.7. The number of amides is 1. The predicted molar refractivity (Wildman–Crippen MR) is 74.1 cm³/mol. The summed E-state index contributed by atoms with van der Waals surface area (Å²) in [6.45, 7) is 10.1. The van der Waals surface area contributed by atoms with Crippen LogP contribution in [0.2, 0.25) is 0 Å². The molecule has 0 heterocycles. The number of aryl methyl sites for hydroxylation is 2. The van der Waals surface area contributed by atoms with E-state index < -0.39 is 0 Å². The molecular formula is C15H25NO. The highest BCUT2D eigenvalue weighted by molar-refractivity contribution is 5.75. The Hall–Kier alpha value is -1.31. The van der Waals surface area contributed by atoms with Crippen LogP contribution in [0.4, 0.5) is 0 Å². The van der Waals surface area contributed by atoms with Crippen LogP contribution in [0.5, 0.6) is 0 Å². The van der Waals surface area contributed by atoms with Crippen LogP contribution in [0.15, 0.2) is 24.3 Å². The molecule has 0 bridgehead atoms. The summed E-state index contributed by atoms with van der Waals surface area (Å²) in [6, 6.07) is 8.81. The SMILES string of the molecule is CCC(=O)NC(C)CC.Cc1ccc(C)cc1. The topological polar surface area (TPSA) is 29.1 Å². The second-order valence-corrected chi connectivity index (χ2v) is 4.39. The maximum absolute atomic E-state index is 10.7. The Bertz CT molecular complexity index is 295. The Morgan fingerprint density at radius 3 is 1.82 bits per heavy atom. The van der Waals surface area contributed by atoms with Gasteiger partial charge in [-0.15, -0.1) is 0 Å². The van der Waals surface area contributed by atoms with Crippen LogP contribution >= 0.6 is 0 Å². The van der Waals surface area contributed by atoms with Gasteiger partial charge in [-0.1, -0.05) is 49.2 Å². The standard InChI is InChI=1S/C8H10.C7H15NO/c1-7-3-5-8(2)6-4-7;1-4-6(3)8-7(9)5-2/h3-6H,1-2H3;6H,4-5H2,1-3H3,(H,8,9). The lowest BCUT2D eigenvalue weighted by Crippen LogP contribution is -2.31. The minimum absolute atomic E-state index is 0.143. The molecule has 1 rings (SSSR count). The van der Waals surface area contributed by atoms with Gasteiger partial charge in [-0.3, -0.25) is 4.79 Å². The number of rotatable bonds is 3. The number of carbonyl (C=O) groups is 1. The first-order valence-electron chi connectivity index (χ1n) is 6.32. The van der Waals surface area contributed by atoms with Crippen molar-refractivity contribution in [2.45, 2.75) is 53.5 Å². The van der Waals surface area contributed by atoms with E-state index in [4.69, 9.17) is 0 Å². The van der Waals surface area contributed by atoms with Gasteiger partial charge in [0.25, 0.3) is 0 Å². The van der Waals surface area contributed by atoms with Gasteiger partial charge in [0, 0.05) is 12.5 Å². The summed E-state index contributed by atoms with van der Waals surface area (Å²) >= 11 is 0. The highest BCUT2D eigenvalue weighted by Gasteiger charge is 2.00. The zero-order valence-corrected chi connectivity index (χ0v) is 11.7. The number of nitrogens with one attached hydrogen (secondary N) is 1. The van der Waals surface area contributed by atoms with E-state index in [-0.39, 0.29) is 5.91 Å². The summed E-state index contributed by atoms with van der Waals surface area (Å²) in [5.74, 6) is 0.143. The van der Waals surface area contributed by atoms with Crippen LogP contribution < -0.4 is 5.32 Å². The van der Waals surface area contributed by atoms with E-state index in [1.54, 1.807) is 0 Å². The Balaban J connectivity index is 0.000000302. The van der Waals surface area contributed by atoms with Crippen LogP contribution in [0.25, 0.3) is 0 Å². The average Bonchev–Trinajstić information content (AvgIpc) is 2.33. The molecule has 0 saturated heterocycles. The summed E-state index contributed by atoms with van der Waals surface area (Å²) < 4.78 is 0. The van der Waals surface area contributed by atoms with Crippen LogP contribution in [-0.4, -0.2) is 11.9 Å². The summed E-state index contributed by atoms with van der Waals surface area (Å²) in [5, 5.41) is 2.84. The van der Waals surface area contributed by atoms with Gasteiger partial charge in [0.2, 0.25) is 5.91 Å². The Kier molecular flexibility index (Phi) is 8.12. The van der Waals surface area contributed by atoms with Gasteiger partial charge in [-0.05, 0) is 27.2 Å². The summed E-state index contributed by atoms with van der Waals surface area (Å²) in [5.41, 5.74) is 2.66. The molecular weight excluding hydrogens is 210 g/mol. The highest BCUT2D eigenvalue weighted by atomic mass is 16.1. The van der Waals surface area contributed by atoms with Gasteiger partial charge in [0.1, 0.15) is 0 Å². The van der Waals surface area contributed by atoms with E-state index in [1.807, 2.05) is 13.8 Å². The molecule has 0 aliphatic heterocycles. The van der Waals surface area contributed by atoms with Crippen molar-refractivity contribution in [3.05, 3.63) is 35.4 Å². The molecule has 96 valence electrons. The normalized spacial score (nSPS) is 11.1. The largest absolute Gasteiger partial charge is 0.354 e. The Morgan fingerprint density at radius 2 is 1.53 bits per heavy atom. The van der Waals surface area contributed by atoms with Crippen molar-refractivity contribution in [2.24, 2.45) is 0 Å². The summed E-state index contributed by atoms with van der Waals surface area (Å²) in [6.07, 6.45) is 1.59. The molecule has 0 aliphatic rings. The molecule has 2 heteroatoms. The molecule has 1 N–H and O–H groups in total. The third-order valence-corrected chi connectivity index (χ3v) is 2.56. The van der Waals surface area contributed by atoms with Crippen molar-refractivity contribution in [1.82, 2.24) is 5.32 Å². The second kappa shape index (κ2) is 8.80. The molecule has 2 nitrogen and oxygen atoms in total. The minimum Gasteiger partial charge on any atom is -0.354 e. The van der Waals surface area contributed by atoms with Crippen LogP contribution in [-0.2, 0) is 4.79 Å². The van der Waals surface area contributed by atoms with E-state index in [0.29, 0.717) is 12.5 Å². The van der Waals surface area contributed by atoms with E-state index in [2.05, 4.69) is 50.4 Å². The minimum atomic E-state index is 0.143. The lowest BCUT2D eigenvalue weighted by atomic mass is 10.2. The van der Waals surface area contributed by atoms with Crippen molar-refractivity contribution in [3.63, 3.8) is 0 Å². The summed E-state index contributed by atoms with van der Waals surface area (Å²) in [7, 11) is 0. The first-order valence-corrected chi connectivity index (χ1v) is 6.32. The van der Waals surface area contributed by atoms with E-state index >= 15 is 0 Å². The molecule has 0 spiro atoms. The zero-order chi connectivity index (χ0) is 13.3. The molecule has 0 radical (unpaired) electrons. The van der Waals surface area contributed by atoms with Crippen LogP contribution in [0.1, 0.15) is 44.7 Å². The molecule has 1 amide bonds. The number of carbonyl (C=O) groups excluding carboxylic acids is 1. The number of hydrogen-bond acceptors (Lipinski definition) is 1. The maximum atomic E-state index is 10.7. The van der Waals surface area contributed by atoms with Gasteiger partial charge < -0.3 is 5.32 Å². The molecule has 0 saturated carbocycles. The number of hydrogen-bond donors (Lipinski definition) is 1. The molecule has 1 unspecified atom stereocenters. The molecule has 0 aromatic heterocycles. The van der Waals surface area contributed by atoms with Crippen molar-refractivity contribution < 1.29 is 4.79 Å². The van der Waals surface area contributed by atoms with Crippen molar-refractivity contribution >= 4 is 5.91 Å².